The second-order valence-corrected chi connectivity index (χ2v) is 11.0. The lowest BCUT2D eigenvalue weighted by molar-refractivity contribution is -0.138. The molecule has 1 aliphatic rings. The number of amides is 1. The summed E-state index contributed by atoms with van der Waals surface area (Å²) in [6.07, 6.45) is -12.3. The van der Waals surface area contributed by atoms with E-state index in [9.17, 15) is 44.3 Å². The summed E-state index contributed by atoms with van der Waals surface area (Å²) in [4.78, 5) is 14.0. The lowest BCUT2D eigenvalue weighted by Gasteiger charge is -2.25. The number of alkyl halides is 8. The van der Waals surface area contributed by atoms with Crippen LogP contribution >= 0.6 is 0 Å². The molecule has 2 atom stereocenters. The van der Waals surface area contributed by atoms with Gasteiger partial charge >= 0.3 is 18.4 Å². The first-order chi connectivity index (χ1) is 20.2. The Labute approximate surface area is 247 Å². The second kappa shape index (κ2) is 11.6. The van der Waals surface area contributed by atoms with Crippen LogP contribution < -0.4 is 4.74 Å². The maximum Gasteiger partial charge on any atom is 0.416 e. The van der Waals surface area contributed by atoms with E-state index < -0.39 is 65.6 Å². The van der Waals surface area contributed by atoms with Gasteiger partial charge in [-0.25, -0.2) is 18.0 Å². The molecule has 0 N–H and O–H groups in total. The van der Waals surface area contributed by atoms with Crippen LogP contribution in [0.15, 0.2) is 48.5 Å². The average Bonchev–Trinajstić information content (AvgIpc) is 3.19. The number of nitrogens with zero attached hydrogens (tertiary/aromatic N) is 1. The minimum Gasteiger partial charge on any atom is -0.496 e. The van der Waals surface area contributed by atoms with E-state index in [1.54, 1.807) is 13.8 Å². The van der Waals surface area contributed by atoms with Crippen LogP contribution in [0.5, 0.6) is 5.75 Å². The van der Waals surface area contributed by atoms with Gasteiger partial charge in [-0.3, -0.25) is 4.90 Å². The highest BCUT2D eigenvalue weighted by Gasteiger charge is 2.43. The van der Waals surface area contributed by atoms with Crippen molar-refractivity contribution in [1.29, 1.82) is 0 Å². The van der Waals surface area contributed by atoms with Crippen LogP contribution in [0.2, 0.25) is 0 Å². The van der Waals surface area contributed by atoms with Gasteiger partial charge in [0.15, 0.2) is 0 Å². The molecule has 2 unspecified atom stereocenters. The zero-order valence-electron chi connectivity index (χ0n) is 24.1. The quantitative estimate of drug-likeness (QED) is 0.243. The molecule has 13 heteroatoms. The van der Waals surface area contributed by atoms with E-state index in [4.69, 9.17) is 9.47 Å². The fourth-order valence-electron chi connectivity index (χ4n) is 5.13. The summed E-state index contributed by atoms with van der Waals surface area (Å²) in [5.41, 5.74) is -3.11. The number of hydrogen-bond acceptors (Lipinski definition) is 3. The number of ether oxygens (including phenoxy) is 2. The lowest BCUT2D eigenvalue weighted by atomic mass is 9.91. The predicted octanol–water partition coefficient (Wildman–Crippen LogP) is 9.86. The first-order valence-corrected chi connectivity index (χ1v) is 13.4. The highest BCUT2D eigenvalue weighted by atomic mass is 19.4. The van der Waals surface area contributed by atoms with E-state index in [0.717, 1.165) is 35.2 Å². The number of hydrogen-bond donors (Lipinski definition) is 0. The van der Waals surface area contributed by atoms with Crippen molar-refractivity contribution in [3.05, 3.63) is 87.7 Å². The SMILES string of the molecule is COc1cc(F)c(C(C)C)cc1-c1ccc(C(F)(F)F)cc1CN1C(=O)OC(c2cc(C(C)(F)F)cc(C(F)(F)F)c2)C1C. The molecular weight excluding hydrogens is 605 g/mol. The van der Waals surface area contributed by atoms with Crippen molar-refractivity contribution in [2.24, 2.45) is 0 Å². The van der Waals surface area contributed by atoms with Gasteiger partial charge in [0.05, 0.1) is 30.8 Å². The molecule has 0 saturated carbocycles. The summed E-state index contributed by atoms with van der Waals surface area (Å²) in [6, 6.07) is 5.94. The minimum absolute atomic E-state index is 0.0137. The van der Waals surface area contributed by atoms with E-state index in [0.29, 0.717) is 19.1 Å². The summed E-state index contributed by atoms with van der Waals surface area (Å²) in [5, 5.41) is 0. The monoisotopic (exact) mass is 633 g/mol. The molecule has 3 aromatic rings. The molecule has 0 radical (unpaired) electrons. The first-order valence-electron chi connectivity index (χ1n) is 13.4. The van der Waals surface area contributed by atoms with Crippen molar-refractivity contribution in [2.45, 2.75) is 70.6 Å². The van der Waals surface area contributed by atoms with Crippen molar-refractivity contribution in [3.63, 3.8) is 0 Å². The number of cyclic esters (lactones) is 1. The summed E-state index contributed by atoms with van der Waals surface area (Å²) < 4.78 is 136. The topological polar surface area (TPSA) is 38.8 Å². The van der Waals surface area contributed by atoms with Crippen LogP contribution in [0, 0.1) is 5.82 Å². The second-order valence-electron chi connectivity index (χ2n) is 11.0. The molecule has 0 aliphatic carbocycles. The maximum atomic E-state index is 14.7. The molecule has 4 nitrogen and oxygen atoms in total. The molecule has 0 aromatic heterocycles. The van der Waals surface area contributed by atoms with Crippen molar-refractivity contribution >= 4 is 6.09 Å². The Morgan fingerprint density at radius 3 is 2.02 bits per heavy atom. The van der Waals surface area contributed by atoms with E-state index in [-0.39, 0.29) is 39.5 Å². The summed E-state index contributed by atoms with van der Waals surface area (Å²) in [5.74, 6) is -4.54. The molecule has 4 rings (SSSR count). The molecule has 0 spiro atoms. The van der Waals surface area contributed by atoms with Gasteiger partial charge in [0.1, 0.15) is 17.7 Å². The molecule has 238 valence electrons. The Balaban J connectivity index is 1.81. The number of methoxy groups -OCH3 is 1. The van der Waals surface area contributed by atoms with Gasteiger partial charge in [0.2, 0.25) is 0 Å². The Morgan fingerprint density at radius 1 is 0.864 bits per heavy atom. The third kappa shape index (κ3) is 6.61. The van der Waals surface area contributed by atoms with Crippen LogP contribution in [-0.4, -0.2) is 24.1 Å². The van der Waals surface area contributed by atoms with Crippen LogP contribution in [0.1, 0.15) is 73.1 Å². The fraction of sp³-hybridized carbons (Fsp3) is 0.387. The molecule has 1 amide bonds. The molecule has 1 saturated heterocycles. The van der Waals surface area contributed by atoms with Crippen molar-refractivity contribution in [3.8, 4) is 16.9 Å². The summed E-state index contributed by atoms with van der Waals surface area (Å²) in [7, 11) is 1.25. The highest BCUT2D eigenvalue weighted by Crippen LogP contribution is 2.43. The Morgan fingerprint density at radius 2 is 1.48 bits per heavy atom. The summed E-state index contributed by atoms with van der Waals surface area (Å²) >= 11 is 0. The molecule has 1 aliphatic heterocycles. The van der Waals surface area contributed by atoms with Crippen molar-refractivity contribution in [1.82, 2.24) is 4.90 Å². The zero-order valence-corrected chi connectivity index (χ0v) is 24.1. The van der Waals surface area contributed by atoms with Crippen LogP contribution in [0.25, 0.3) is 11.1 Å². The highest BCUT2D eigenvalue weighted by molar-refractivity contribution is 5.76. The average molecular weight is 634 g/mol. The summed E-state index contributed by atoms with van der Waals surface area (Å²) in [6.45, 7) is 4.73. The molecule has 1 heterocycles. The first kappa shape index (κ1) is 33.0. The van der Waals surface area contributed by atoms with Gasteiger partial charge in [-0.1, -0.05) is 19.9 Å². The third-order valence-electron chi connectivity index (χ3n) is 7.51. The third-order valence-corrected chi connectivity index (χ3v) is 7.51. The zero-order chi connectivity index (χ0) is 32.9. The normalized spacial score (nSPS) is 17.8. The molecule has 1 fully saturated rings. The molecule has 3 aromatic carbocycles. The lowest BCUT2D eigenvalue weighted by Crippen LogP contribution is -2.32. The van der Waals surface area contributed by atoms with Crippen LogP contribution in [-0.2, 0) is 29.6 Å². The molecule has 0 bridgehead atoms. The smallest absolute Gasteiger partial charge is 0.416 e. The fourth-order valence-corrected chi connectivity index (χ4v) is 5.13. The predicted molar refractivity (Wildman–Crippen MR) is 143 cm³/mol. The largest absolute Gasteiger partial charge is 0.496 e. The van der Waals surface area contributed by atoms with E-state index in [2.05, 4.69) is 0 Å². The van der Waals surface area contributed by atoms with Gasteiger partial charge in [-0.05, 0) is 71.5 Å². The molecular formula is C31H28F9NO3. The van der Waals surface area contributed by atoms with E-state index in [1.165, 1.54) is 20.1 Å². The Hall–Kier alpha value is -3.90. The molecule has 44 heavy (non-hydrogen) atoms. The maximum absolute atomic E-state index is 14.7. The number of carbonyl (C=O) groups excluding carboxylic acids is 1. The number of benzene rings is 3. The van der Waals surface area contributed by atoms with Crippen LogP contribution in [0.3, 0.4) is 0 Å². The number of carbonyl (C=O) groups is 1. The number of rotatable bonds is 7. The number of halogens is 9. The standard InChI is InChI=1S/C31H28F9NO3/c1-15(2)23-12-24(26(43-5)13-25(23)32)22-7-6-19(30(35,36)37)10-18(22)14-41-16(3)27(44-28(41)42)17-8-20(29(4,33)34)11-21(9-17)31(38,39)40/h6-13,15-16,27H,14H2,1-5H3. The van der Waals surface area contributed by atoms with Crippen molar-refractivity contribution in [2.75, 3.05) is 7.11 Å². The van der Waals surface area contributed by atoms with E-state index in [1.807, 2.05) is 0 Å². The van der Waals surface area contributed by atoms with Crippen LogP contribution in [0.4, 0.5) is 44.3 Å². The van der Waals surface area contributed by atoms with Gasteiger partial charge < -0.3 is 9.47 Å². The van der Waals surface area contributed by atoms with Gasteiger partial charge in [-0.15, -0.1) is 0 Å². The van der Waals surface area contributed by atoms with Gasteiger partial charge in [0, 0.05) is 24.1 Å². The minimum atomic E-state index is -4.99. The Kier molecular flexibility index (Phi) is 8.66. The van der Waals surface area contributed by atoms with Gasteiger partial charge in [0.25, 0.3) is 5.92 Å². The van der Waals surface area contributed by atoms with Crippen molar-refractivity contribution < 1.29 is 53.8 Å². The van der Waals surface area contributed by atoms with Gasteiger partial charge in [-0.2, -0.15) is 26.3 Å². The van der Waals surface area contributed by atoms with E-state index >= 15 is 0 Å². The Bertz CT molecular complexity index is 1530.